The number of nitrogens with zero attached hydrogens (tertiary/aromatic N) is 1. The second-order valence-electron chi connectivity index (χ2n) is 3.83. The zero-order chi connectivity index (χ0) is 11.4. The molecule has 1 unspecified atom stereocenters. The van der Waals surface area contributed by atoms with Crippen LogP contribution in [0.3, 0.4) is 0 Å². The van der Waals surface area contributed by atoms with E-state index in [1.165, 1.54) is 6.20 Å². The van der Waals surface area contributed by atoms with Crippen LogP contribution in [0.5, 0.6) is 0 Å². The van der Waals surface area contributed by atoms with Crippen molar-refractivity contribution >= 4 is 17.3 Å². The summed E-state index contributed by atoms with van der Waals surface area (Å²) in [6, 6.07) is 0.297. The lowest BCUT2D eigenvalue weighted by molar-refractivity contribution is 0.511. The predicted octanol–water partition coefficient (Wildman–Crippen LogP) is 2.27. The average molecular weight is 230 g/mol. The van der Waals surface area contributed by atoms with Crippen molar-refractivity contribution in [3.8, 4) is 0 Å². The Morgan fingerprint density at radius 3 is 2.80 bits per heavy atom. The van der Waals surface area contributed by atoms with Crippen molar-refractivity contribution in [3.05, 3.63) is 21.6 Å². The van der Waals surface area contributed by atoms with E-state index >= 15 is 0 Å². The van der Waals surface area contributed by atoms with E-state index in [0.29, 0.717) is 17.6 Å². The molecule has 0 bridgehead atoms. The maximum absolute atomic E-state index is 11.2. The number of aromatic nitrogens is 2. The normalized spacial score (nSPS) is 12.9. The molecular formula is C10H16ClN3O. The van der Waals surface area contributed by atoms with Crippen LogP contribution in [0.15, 0.2) is 11.0 Å². The van der Waals surface area contributed by atoms with Gasteiger partial charge in [0.1, 0.15) is 5.02 Å². The van der Waals surface area contributed by atoms with Crippen molar-refractivity contribution in [2.24, 2.45) is 5.92 Å². The van der Waals surface area contributed by atoms with Crippen LogP contribution in [-0.4, -0.2) is 16.2 Å². The van der Waals surface area contributed by atoms with Gasteiger partial charge in [0.05, 0.1) is 11.9 Å². The third-order valence-corrected chi connectivity index (χ3v) is 2.76. The summed E-state index contributed by atoms with van der Waals surface area (Å²) in [5, 5.41) is 9.38. The Kier molecular flexibility index (Phi) is 4.15. The van der Waals surface area contributed by atoms with Crippen LogP contribution in [0.4, 0.5) is 5.69 Å². The van der Waals surface area contributed by atoms with Gasteiger partial charge in [-0.25, -0.2) is 5.10 Å². The summed E-state index contributed by atoms with van der Waals surface area (Å²) in [6.45, 7) is 6.33. The van der Waals surface area contributed by atoms with Crippen molar-refractivity contribution in [2.75, 3.05) is 5.32 Å². The van der Waals surface area contributed by atoms with Crippen LogP contribution < -0.4 is 10.9 Å². The number of halogens is 1. The van der Waals surface area contributed by atoms with E-state index in [-0.39, 0.29) is 10.6 Å². The topological polar surface area (TPSA) is 57.8 Å². The standard InChI is InChI=1S/C10H16ClN3O/c1-4-7(6(2)3)13-8-5-12-14-10(15)9(8)11/h5-7H,4H2,1-3H3,(H2,13,14,15). The maximum Gasteiger partial charge on any atom is 0.285 e. The first kappa shape index (κ1) is 12.0. The molecule has 15 heavy (non-hydrogen) atoms. The van der Waals surface area contributed by atoms with Gasteiger partial charge in [-0.15, -0.1) is 0 Å². The van der Waals surface area contributed by atoms with Crippen molar-refractivity contribution in [1.29, 1.82) is 0 Å². The zero-order valence-corrected chi connectivity index (χ0v) is 9.93. The van der Waals surface area contributed by atoms with E-state index in [0.717, 1.165) is 6.42 Å². The third-order valence-electron chi connectivity index (χ3n) is 2.38. The third kappa shape index (κ3) is 2.96. The van der Waals surface area contributed by atoms with Gasteiger partial charge in [-0.1, -0.05) is 32.4 Å². The minimum atomic E-state index is -0.361. The maximum atomic E-state index is 11.2. The fraction of sp³-hybridized carbons (Fsp3) is 0.600. The molecule has 1 rings (SSSR count). The molecule has 0 fully saturated rings. The summed E-state index contributed by atoms with van der Waals surface area (Å²) in [7, 11) is 0. The molecule has 0 spiro atoms. The second kappa shape index (κ2) is 5.16. The van der Waals surface area contributed by atoms with Gasteiger partial charge < -0.3 is 5.32 Å². The van der Waals surface area contributed by atoms with E-state index in [9.17, 15) is 4.79 Å². The molecule has 1 atom stereocenters. The van der Waals surface area contributed by atoms with E-state index in [1.54, 1.807) is 0 Å². The highest BCUT2D eigenvalue weighted by atomic mass is 35.5. The Hall–Kier alpha value is -1.03. The number of hydrogen-bond acceptors (Lipinski definition) is 3. The number of anilines is 1. The van der Waals surface area contributed by atoms with Crippen LogP contribution in [-0.2, 0) is 0 Å². The first-order chi connectivity index (χ1) is 7.06. The minimum absolute atomic E-state index is 0.170. The van der Waals surface area contributed by atoms with Crippen molar-refractivity contribution in [3.63, 3.8) is 0 Å². The van der Waals surface area contributed by atoms with Gasteiger partial charge in [0.15, 0.2) is 0 Å². The summed E-state index contributed by atoms with van der Waals surface area (Å²) in [4.78, 5) is 11.2. The molecule has 1 aromatic rings. The molecule has 0 aliphatic carbocycles. The van der Waals surface area contributed by atoms with Crippen LogP contribution in [0, 0.1) is 5.92 Å². The molecule has 0 aliphatic heterocycles. The molecule has 0 amide bonds. The van der Waals surface area contributed by atoms with Gasteiger partial charge in [0.25, 0.3) is 5.56 Å². The van der Waals surface area contributed by atoms with Crippen molar-refractivity contribution in [2.45, 2.75) is 33.2 Å². The van der Waals surface area contributed by atoms with Crippen LogP contribution in [0.2, 0.25) is 5.02 Å². The Balaban J connectivity index is 2.88. The number of aromatic amines is 1. The number of hydrogen-bond donors (Lipinski definition) is 2. The summed E-state index contributed by atoms with van der Waals surface area (Å²) >= 11 is 5.85. The van der Waals surface area contributed by atoms with E-state index in [1.807, 2.05) is 0 Å². The average Bonchev–Trinajstić information content (AvgIpc) is 2.19. The van der Waals surface area contributed by atoms with Crippen LogP contribution in [0.1, 0.15) is 27.2 Å². The molecule has 5 heteroatoms. The second-order valence-corrected chi connectivity index (χ2v) is 4.21. The van der Waals surface area contributed by atoms with Crippen LogP contribution >= 0.6 is 11.6 Å². The SMILES string of the molecule is CCC(Nc1cn[nH]c(=O)c1Cl)C(C)C. The lowest BCUT2D eigenvalue weighted by Gasteiger charge is -2.21. The Bertz CT molecular complexity index is 375. The summed E-state index contributed by atoms with van der Waals surface area (Å²) in [5.74, 6) is 0.477. The predicted molar refractivity (Wildman–Crippen MR) is 62.4 cm³/mol. The molecule has 0 aromatic carbocycles. The first-order valence-electron chi connectivity index (χ1n) is 5.06. The van der Waals surface area contributed by atoms with Gasteiger partial charge in [0, 0.05) is 6.04 Å². The van der Waals surface area contributed by atoms with Gasteiger partial charge in [0.2, 0.25) is 0 Å². The Morgan fingerprint density at radius 1 is 1.60 bits per heavy atom. The van der Waals surface area contributed by atoms with Gasteiger partial charge in [-0.2, -0.15) is 5.10 Å². The molecule has 4 nitrogen and oxygen atoms in total. The lowest BCUT2D eigenvalue weighted by atomic mass is 10.0. The number of nitrogens with one attached hydrogen (secondary N) is 2. The summed E-state index contributed by atoms with van der Waals surface area (Å²) in [6.07, 6.45) is 2.51. The Labute approximate surface area is 94.0 Å². The van der Waals surface area contributed by atoms with E-state index < -0.39 is 0 Å². The largest absolute Gasteiger partial charge is 0.379 e. The highest BCUT2D eigenvalue weighted by molar-refractivity contribution is 6.32. The van der Waals surface area contributed by atoms with Gasteiger partial charge >= 0.3 is 0 Å². The van der Waals surface area contributed by atoms with Crippen molar-refractivity contribution in [1.82, 2.24) is 10.2 Å². The number of rotatable bonds is 4. The van der Waals surface area contributed by atoms with Crippen LogP contribution in [0.25, 0.3) is 0 Å². The zero-order valence-electron chi connectivity index (χ0n) is 9.17. The molecule has 1 aromatic heterocycles. The van der Waals surface area contributed by atoms with Crippen molar-refractivity contribution < 1.29 is 0 Å². The fourth-order valence-corrected chi connectivity index (χ4v) is 1.57. The quantitative estimate of drug-likeness (QED) is 0.833. The molecule has 1 heterocycles. The monoisotopic (exact) mass is 229 g/mol. The minimum Gasteiger partial charge on any atom is -0.379 e. The summed E-state index contributed by atoms with van der Waals surface area (Å²) < 4.78 is 0. The molecule has 0 saturated carbocycles. The molecule has 84 valence electrons. The molecule has 0 saturated heterocycles. The highest BCUT2D eigenvalue weighted by Gasteiger charge is 2.13. The fourth-order valence-electron chi connectivity index (χ4n) is 1.42. The van der Waals surface area contributed by atoms with Gasteiger partial charge in [-0.3, -0.25) is 4.79 Å². The first-order valence-corrected chi connectivity index (χ1v) is 5.43. The van der Waals surface area contributed by atoms with E-state index in [2.05, 4.69) is 36.3 Å². The number of H-pyrrole nitrogens is 1. The molecule has 0 aliphatic rings. The molecular weight excluding hydrogens is 214 g/mol. The molecule has 0 radical (unpaired) electrons. The van der Waals surface area contributed by atoms with Gasteiger partial charge in [-0.05, 0) is 12.3 Å². The highest BCUT2D eigenvalue weighted by Crippen LogP contribution is 2.19. The lowest BCUT2D eigenvalue weighted by Crippen LogP contribution is -2.26. The smallest absolute Gasteiger partial charge is 0.285 e. The Morgan fingerprint density at radius 2 is 2.27 bits per heavy atom. The summed E-state index contributed by atoms with van der Waals surface area (Å²) in [5.41, 5.74) is 0.237. The molecule has 2 N–H and O–H groups in total. The van der Waals surface area contributed by atoms with E-state index in [4.69, 9.17) is 11.6 Å².